The monoisotopic (exact) mass is 370 g/mol. The van der Waals surface area contributed by atoms with Gasteiger partial charge in [0.2, 0.25) is 5.91 Å². The number of rotatable bonds is 5. The van der Waals surface area contributed by atoms with Crippen LogP contribution in [0.5, 0.6) is 0 Å². The molecule has 0 bridgehead atoms. The molecule has 0 aromatic heterocycles. The van der Waals surface area contributed by atoms with Crippen molar-refractivity contribution in [3.8, 4) is 0 Å². The lowest BCUT2D eigenvalue weighted by Gasteiger charge is -2.25. The second-order valence-corrected chi connectivity index (χ2v) is 5.72. The highest BCUT2D eigenvalue weighted by Crippen LogP contribution is 2.31. The van der Waals surface area contributed by atoms with Crippen LogP contribution in [0.4, 0.5) is 11.4 Å². The van der Waals surface area contributed by atoms with E-state index in [1.807, 2.05) is 13.0 Å². The first-order chi connectivity index (χ1) is 12.9. The molecule has 0 spiro atoms. The van der Waals surface area contributed by atoms with Gasteiger partial charge < -0.3 is 19.7 Å². The van der Waals surface area contributed by atoms with Gasteiger partial charge in [-0.2, -0.15) is 0 Å². The van der Waals surface area contributed by atoms with Gasteiger partial charge >= 0.3 is 11.9 Å². The van der Waals surface area contributed by atoms with Crippen molar-refractivity contribution in [2.24, 2.45) is 0 Å². The fourth-order valence-corrected chi connectivity index (χ4v) is 2.55. The lowest BCUT2D eigenvalue weighted by Crippen LogP contribution is -2.27. The topological polar surface area (TPSA) is 84.9 Å². The fourth-order valence-electron chi connectivity index (χ4n) is 2.55. The van der Waals surface area contributed by atoms with Crippen molar-refractivity contribution in [3.63, 3.8) is 0 Å². The van der Waals surface area contributed by atoms with Crippen LogP contribution in [0.3, 0.4) is 0 Å². The first-order valence-electron chi connectivity index (χ1n) is 8.38. The van der Waals surface area contributed by atoms with Gasteiger partial charge in [-0.1, -0.05) is 19.1 Å². The predicted molar refractivity (Wildman–Crippen MR) is 102 cm³/mol. The second-order valence-electron chi connectivity index (χ2n) is 5.72. The van der Waals surface area contributed by atoms with E-state index in [9.17, 15) is 14.4 Å². The molecule has 0 aliphatic carbocycles. The van der Waals surface area contributed by atoms with Crippen LogP contribution in [0.1, 0.15) is 18.9 Å². The number of allylic oxidation sites excluding steroid dienone is 2. The van der Waals surface area contributed by atoms with Gasteiger partial charge in [-0.25, -0.2) is 9.59 Å². The van der Waals surface area contributed by atoms with Crippen LogP contribution in [0.25, 0.3) is 0 Å². The van der Waals surface area contributed by atoms with Gasteiger partial charge in [0.1, 0.15) is 5.70 Å². The third kappa shape index (κ3) is 4.44. The van der Waals surface area contributed by atoms with Gasteiger partial charge in [0, 0.05) is 18.3 Å². The number of amides is 1. The Morgan fingerprint density at radius 3 is 2.41 bits per heavy atom. The van der Waals surface area contributed by atoms with E-state index in [1.165, 1.54) is 20.3 Å². The van der Waals surface area contributed by atoms with Gasteiger partial charge in [-0.15, -0.1) is 0 Å². The Bertz CT molecular complexity index is 852. The first-order valence-corrected chi connectivity index (χ1v) is 8.38. The number of nitrogens with one attached hydrogen (secondary N) is 1. The number of benzene rings is 1. The number of hydrogen-bond donors (Lipinski definition) is 1. The van der Waals surface area contributed by atoms with Crippen molar-refractivity contribution in [2.45, 2.75) is 20.3 Å². The van der Waals surface area contributed by atoms with E-state index in [0.717, 1.165) is 5.56 Å². The number of aryl methyl sites for hydroxylation is 1. The Morgan fingerprint density at radius 2 is 1.78 bits per heavy atom. The highest BCUT2D eigenvalue weighted by Gasteiger charge is 2.28. The predicted octanol–water partition coefficient (Wildman–Crippen LogP) is 2.83. The molecule has 0 unspecified atom stereocenters. The summed E-state index contributed by atoms with van der Waals surface area (Å²) < 4.78 is 9.70. The number of hydrogen-bond acceptors (Lipinski definition) is 6. The highest BCUT2D eigenvalue weighted by molar-refractivity contribution is 6.05. The van der Waals surface area contributed by atoms with Crippen LogP contribution >= 0.6 is 0 Å². The van der Waals surface area contributed by atoms with Crippen LogP contribution in [-0.2, 0) is 23.9 Å². The summed E-state index contributed by atoms with van der Waals surface area (Å²) in [6, 6.07) is 5.32. The molecule has 1 N–H and O–H groups in total. The van der Waals surface area contributed by atoms with Crippen molar-refractivity contribution < 1.29 is 23.9 Å². The van der Waals surface area contributed by atoms with E-state index in [1.54, 1.807) is 42.3 Å². The molecule has 1 amide bonds. The summed E-state index contributed by atoms with van der Waals surface area (Å²) in [5, 5.41) is 2.79. The summed E-state index contributed by atoms with van der Waals surface area (Å²) >= 11 is 0. The number of esters is 2. The zero-order valence-corrected chi connectivity index (χ0v) is 15.7. The van der Waals surface area contributed by atoms with Crippen LogP contribution < -0.4 is 10.2 Å². The molecule has 7 nitrogen and oxygen atoms in total. The van der Waals surface area contributed by atoms with Crippen molar-refractivity contribution in [2.75, 3.05) is 24.4 Å². The molecule has 0 saturated heterocycles. The maximum atomic E-state index is 12.5. The van der Waals surface area contributed by atoms with E-state index < -0.39 is 11.9 Å². The lowest BCUT2D eigenvalue weighted by molar-refractivity contribution is -0.139. The quantitative estimate of drug-likeness (QED) is 0.803. The molecule has 7 heteroatoms. The number of nitrogens with zero attached hydrogens (tertiary/aromatic N) is 1. The van der Waals surface area contributed by atoms with Crippen molar-refractivity contribution in [3.05, 3.63) is 59.5 Å². The molecule has 0 saturated carbocycles. The Hall–Kier alpha value is -3.35. The molecule has 1 aliphatic rings. The van der Waals surface area contributed by atoms with Crippen molar-refractivity contribution >= 4 is 29.2 Å². The fraction of sp³-hybridized carbons (Fsp3) is 0.250. The van der Waals surface area contributed by atoms with Gasteiger partial charge in [-0.3, -0.25) is 4.79 Å². The average molecular weight is 370 g/mol. The molecule has 1 aliphatic heterocycles. The Balaban J connectivity index is 2.63. The minimum absolute atomic E-state index is 0.0245. The Morgan fingerprint density at radius 1 is 1.07 bits per heavy atom. The second kappa shape index (κ2) is 8.84. The molecule has 2 rings (SSSR count). The summed E-state index contributed by atoms with van der Waals surface area (Å²) in [5.74, 6) is -1.47. The molecular weight excluding hydrogens is 348 g/mol. The molecule has 27 heavy (non-hydrogen) atoms. The zero-order valence-electron chi connectivity index (χ0n) is 15.7. The Kier molecular flexibility index (Phi) is 6.54. The lowest BCUT2D eigenvalue weighted by atomic mass is 10.1. The van der Waals surface area contributed by atoms with Gasteiger partial charge in [0.15, 0.2) is 0 Å². The summed E-state index contributed by atoms with van der Waals surface area (Å²) in [6.45, 7) is 3.62. The van der Waals surface area contributed by atoms with Crippen LogP contribution in [0, 0.1) is 6.92 Å². The smallest absolute Gasteiger partial charge is 0.355 e. The van der Waals surface area contributed by atoms with E-state index in [2.05, 4.69) is 5.32 Å². The van der Waals surface area contributed by atoms with Crippen LogP contribution in [0.2, 0.25) is 0 Å². The van der Waals surface area contributed by atoms with Gasteiger partial charge in [0.05, 0.1) is 25.5 Å². The average Bonchev–Trinajstić information content (AvgIpc) is 2.90. The summed E-state index contributed by atoms with van der Waals surface area (Å²) in [5.41, 5.74) is 2.12. The molecular formula is C20H22N2O5. The Labute approximate surface area is 157 Å². The van der Waals surface area contributed by atoms with Crippen molar-refractivity contribution in [1.29, 1.82) is 0 Å². The molecule has 142 valence electrons. The molecule has 0 radical (unpaired) electrons. The largest absolute Gasteiger partial charge is 0.465 e. The number of carbonyl (C=O) groups excluding carboxylic acids is 3. The maximum Gasteiger partial charge on any atom is 0.355 e. The summed E-state index contributed by atoms with van der Waals surface area (Å²) in [6.07, 6.45) is 6.80. The van der Waals surface area contributed by atoms with Gasteiger partial charge in [-0.05, 0) is 36.8 Å². The van der Waals surface area contributed by atoms with Gasteiger partial charge in [0.25, 0.3) is 0 Å². The normalized spacial score (nSPS) is 13.3. The van der Waals surface area contributed by atoms with E-state index >= 15 is 0 Å². The van der Waals surface area contributed by atoms with E-state index in [4.69, 9.17) is 9.47 Å². The van der Waals surface area contributed by atoms with Crippen molar-refractivity contribution in [1.82, 2.24) is 0 Å². The minimum atomic E-state index is -0.686. The number of anilines is 2. The standard InChI is InChI=1S/C20H22N2O5/c1-5-17(23)21-14-10-9-13(2)16(12-14)22-11-7-6-8-15(19(24)26-3)18(22)20(25)27-4/h6-12H,5H2,1-4H3,(H,21,23). The first kappa shape index (κ1) is 20.0. The number of carbonyl (C=O) groups is 3. The van der Waals surface area contributed by atoms with Crippen LogP contribution in [0.15, 0.2) is 53.9 Å². The third-order valence-corrected chi connectivity index (χ3v) is 3.96. The highest BCUT2D eigenvalue weighted by atomic mass is 16.5. The molecule has 0 atom stereocenters. The third-order valence-electron chi connectivity index (χ3n) is 3.96. The molecule has 1 aromatic carbocycles. The molecule has 1 heterocycles. The zero-order chi connectivity index (χ0) is 20.0. The number of ether oxygens (including phenoxy) is 2. The maximum absolute atomic E-state index is 12.5. The number of methoxy groups -OCH3 is 2. The summed E-state index contributed by atoms with van der Waals surface area (Å²) in [7, 11) is 2.48. The molecule has 1 aromatic rings. The molecule has 0 fully saturated rings. The van der Waals surface area contributed by atoms with E-state index in [-0.39, 0.29) is 17.2 Å². The van der Waals surface area contributed by atoms with Crippen LogP contribution in [-0.4, -0.2) is 32.1 Å². The summed E-state index contributed by atoms with van der Waals surface area (Å²) in [4.78, 5) is 38.0. The minimum Gasteiger partial charge on any atom is -0.465 e. The van der Waals surface area contributed by atoms with E-state index in [0.29, 0.717) is 17.8 Å². The SMILES string of the molecule is CCC(=O)Nc1ccc(C)c(N2C=CC=CC(C(=O)OC)=C2C(=O)OC)c1.